The van der Waals surface area contributed by atoms with E-state index in [4.69, 9.17) is 11.6 Å². The van der Waals surface area contributed by atoms with Crippen molar-refractivity contribution in [1.82, 2.24) is 14.5 Å². The first-order chi connectivity index (χ1) is 12.0. The van der Waals surface area contributed by atoms with Gasteiger partial charge in [0.2, 0.25) is 5.91 Å². The predicted octanol–water partition coefficient (Wildman–Crippen LogP) is 2.16. The molecule has 3 rings (SSSR count). The highest BCUT2D eigenvalue weighted by Crippen LogP contribution is 2.10. The van der Waals surface area contributed by atoms with E-state index in [1.807, 2.05) is 0 Å². The summed E-state index contributed by atoms with van der Waals surface area (Å²) in [4.78, 5) is 43.0. The zero-order chi connectivity index (χ0) is 17.8. The summed E-state index contributed by atoms with van der Waals surface area (Å²) in [5.41, 5.74) is -0.345. The number of aromatic amines is 1. The molecule has 128 valence electrons. The number of para-hydroxylation sites is 1. The van der Waals surface area contributed by atoms with Crippen molar-refractivity contribution in [2.24, 2.45) is 0 Å². The first-order valence-corrected chi connectivity index (χ1v) is 8.05. The van der Waals surface area contributed by atoms with Gasteiger partial charge in [-0.3, -0.25) is 14.2 Å². The Bertz CT molecular complexity index is 1020. The van der Waals surface area contributed by atoms with Crippen molar-refractivity contribution in [3.05, 3.63) is 68.5 Å². The minimum atomic E-state index is -0.483. The highest BCUT2D eigenvalue weighted by Gasteiger charge is 2.08. The number of rotatable bonds is 5. The molecule has 0 spiro atoms. The maximum absolute atomic E-state index is 12.4. The predicted molar refractivity (Wildman–Crippen MR) is 95.9 cm³/mol. The quantitative estimate of drug-likeness (QED) is 0.730. The number of pyridine rings is 1. The van der Waals surface area contributed by atoms with Gasteiger partial charge < -0.3 is 10.3 Å². The molecule has 1 amide bonds. The van der Waals surface area contributed by atoms with Crippen molar-refractivity contribution in [2.45, 2.75) is 19.4 Å². The van der Waals surface area contributed by atoms with E-state index < -0.39 is 5.69 Å². The molecule has 1 aromatic carbocycles. The SMILES string of the molecule is O=C(CCCn1c(=O)[nH]c2ccccc2c1=O)Nc1ccc(Cl)cn1. The van der Waals surface area contributed by atoms with Gasteiger partial charge in [-0.15, -0.1) is 0 Å². The van der Waals surface area contributed by atoms with E-state index in [2.05, 4.69) is 15.3 Å². The van der Waals surface area contributed by atoms with Crippen molar-refractivity contribution >= 4 is 34.2 Å². The van der Waals surface area contributed by atoms with Crippen LogP contribution in [0.4, 0.5) is 5.82 Å². The number of carbonyl (C=O) groups excluding carboxylic acids is 1. The summed E-state index contributed by atoms with van der Waals surface area (Å²) in [5.74, 6) is 0.148. The molecule has 2 aromatic heterocycles. The fourth-order valence-electron chi connectivity index (χ4n) is 2.45. The van der Waals surface area contributed by atoms with Gasteiger partial charge in [0.05, 0.1) is 15.9 Å². The smallest absolute Gasteiger partial charge is 0.311 e. The van der Waals surface area contributed by atoms with Crippen LogP contribution in [0.1, 0.15) is 12.8 Å². The molecule has 0 radical (unpaired) electrons. The molecule has 2 N–H and O–H groups in total. The fraction of sp³-hybridized carbons (Fsp3) is 0.176. The van der Waals surface area contributed by atoms with Gasteiger partial charge in [-0.1, -0.05) is 23.7 Å². The number of amides is 1. The molecule has 0 fully saturated rings. The number of hydrogen-bond donors (Lipinski definition) is 2. The number of nitrogens with zero attached hydrogens (tertiary/aromatic N) is 2. The molecule has 25 heavy (non-hydrogen) atoms. The lowest BCUT2D eigenvalue weighted by atomic mass is 10.2. The Kier molecular flexibility index (Phi) is 4.95. The third kappa shape index (κ3) is 3.95. The van der Waals surface area contributed by atoms with E-state index in [1.165, 1.54) is 6.20 Å². The minimum Gasteiger partial charge on any atom is -0.311 e. The van der Waals surface area contributed by atoms with Crippen LogP contribution in [0.25, 0.3) is 10.9 Å². The second kappa shape index (κ2) is 7.31. The molecular weight excluding hydrogens is 344 g/mol. The molecule has 0 aliphatic heterocycles. The Morgan fingerprint density at radius 1 is 1.20 bits per heavy atom. The molecule has 0 aliphatic rings. The zero-order valence-electron chi connectivity index (χ0n) is 13.2. The average Bonchev–Trinajstić information content (AvgIpc) is 2.60. The summed E-state index contributed by atoms with van der Waals surface area (Å²) in [5, 5.41) is 3.55. The summed E-state index contributed by atoms with van der Waals surface area (Å²) in [6.45, 7) is 0.153. The maximum Gasteiger partial charge on any atom is 0.328 e. The monoisotopic (exact) mass is 358 g/mol. The van der Waals surface area contributed by atoms with Crippen molar-refractivity contribution in [3.8, 4) is 0 Å². The molecule has 0 saturated carbocycles. The number of H-pyrrole nitrogens is 1. The van der Waals surface area contributed by atoms with Gasteiger partial charge in [-0.2, -0.15) is 0 Å². The minimum absolute atomic E-state index is 0.153. The van der Waals surface area contributed by atoms with E-state index in [0.29, 0.717) is 28.2 Å². The van der Waals surface area contributed by atoms with Crippen LogP contribution in [-0.4, -0.2) is 20.4 Å². The van der Waals surface area contributed by atoms with Gasteiger partial charge in [-0.05, 0) is 30.7 Å². The summed E-state index contributed by atoms with van der Waals surface area (Å²) < 4.78 is 1.11. The van der Waals surface area contributed by atoms with Crippen molar-refractivity contribution < 1.29 is 4.79 Å². The van der Waals surface area contributed by atoms with Crippen molar-refractivity contribution in [3.63, 3.8) is 0 Å². The Labute approximate surface area is 147 Å². The Balaban J connectivity index is 1.65. The first kappa shape index (κ1) is 16.9. The number of nitrogens with one attached hydrogen (secondary N) is 2. The third-order valence-electron chi connectivity index (χ3n) is 3.67. The highest BCUT2D eigenvalue weighted by atomic mass is 35.5. The summed E-state index contributed by atoms with van der Waals surface area (Å²) in [6.07, 6.45) is 1.94. The highest BCUT2D eigenvalue weighted by molar-refractivity contribution is 6.30. The number of hydrogen-bond acceptors (Lipinski definition) is 4. The van der Waals surface area contributed by atoms with Crippen LogP contribution in [0.2, 0.25) is 5.02 Å². The van der Waals surface area contributed by atoms with E-state index in [1.54, 1.807) is 36.4 Å². The number of benzene rings is 1. The van der Waals surface area contributed by atoms with Crippen LogP contribution in [0.5, 0.6) is 0 Å². The number of carbonyl (C=O) groups is 1. The topological polar surface area (TPSA) is 96.9 Å². The molecule has 2 heterocycles. The Hall–Kier alpha value is -2.93. The second-order valence-corrected chi connectivity index (χ2v) is 5.88. The van der Waals surface area contributed by atoms with Crippen LogP contribution in [-0.2, 0) is 11.3 Å². The van der Waals surface area contributed by atoms with Gasteiger partial charge in [0.1, 0.15) is 5.82 Å². The third-order valence-corrected chi connectivity index (χ3v) is 3.89. The van der Waals surface area contributed by atoms with E-state index >= 15 is 0 Å². The number of anilines is 1. The molecule has 0 unspecified atom stereocenters. The largest absolute Gasteiger partial charge is 0.328 e. The lowest BCUT2D eigenvalue weighted by Crippen LogP contribution is -2.35. The molecular formula is C17H15ClN4O3. The Morgan fingerprint density at radius 2 is 2.00 bits per heavy atom. The molecule has 0 saturated heterocycles. The normalized spacial score (nSPS) is 10.8. The number of fused-ring (bicyclic) bond motifs is 1. The van der Waals surface area contributed by atoms with Crippen LogP contribution in [0, 0.1) is 0 Å². The number of halogens is 1. The first-order valence-electron chi connectivity index (χ1n) is 7.68. The van der Waals surface area contributed by atoms with Crippen LogP contribution >= 0.6 is 11.6 Å². The van der Waals surface area contributed by atoms with Gasteiger partial charge in [0, 0.05) is 19.2 Å². The van der Waals surface area contributed by atoms with E-state index in [9.17, 15) is 14.4 Å². The lowest BCUT2D eigenvalue weighted by molar-refractivity contribution is -0.116. The van der Waals surface area contributed by atoms with E-state index in [0.717, 1.165) is 4.57 Å². The lowest BCUT2D eigenvalue weighted by Gasteiger charge is -2.07. The van der Waals surface area contributed by atoms with Crippen LogP contribution in [0.3, 0.4) is 0 Å². The average molecular weight is 359 g/mol. The van der Waals surface area contributed by atoms with E-state index in [-0.39, 0.29) is 24.4 Å². The Morgan fingerprint density at radius 3 is 2.76 bits per heavy atom. The maximum atomic E-state index is 12.4. The van der Waals surface area contributed by atoms with Gasteiger partial charge in [-0.25, -0.2) is 9.78 Å². The van der Waals surface area contributed by atoms with Gasteiger partial charge in [0.15, 0.2) is 0 Å². The van der Waals surface area contributed by atoms with Crippen molar-refractivity contribution in [1.29, 1.82) is 0 Å². The molecule has 7 nitrogen and oxygen atoms in total. The molecule has 0 bridgehead atoms. The molecule has 0 aliphatic carbocycles. The fourth-order valence-corrected chi connectivity index (χ4v) is 2.57. The molecule has 3 aromatic rings. The second-order valence-electron chi connectivity index (χ2n) is 5.45. The standard InChI is InChI=1S/C17H15ClN4O3/c18-11-7-8-14(19-10-11)21-15(23)6-3-9-22-16(24)12-4-1-2-5-13(12)20-17(22)25/h1-2,4-5,7-8,10H,3,6,9H2,(H,20,25)(H,19,21,23). The summed E-state index contributed by atoms with van der Waals surface area (Å²) in [7, 11) is 0. The summed E-state index contributed by atoms with van der Waals surface area (Å²) >= 11 is 5.73. The molecule has 8 heteroatoms. The van der Waals surface area contributed by atoms with Crippen molar-refractivity contribution in [2.75, 3.05) is 5.32 Å². The van der Waals surface area contributed by atoms with Crippen LogP contribution in [0.15, 0.2) is 52.2 Å². The van der Waals surface area contributed by atoms with Gasteiger partial charge >= 0.3 is 5.69 Å². The zero-order valence-corrected chi connectivity index (χ0v) is 13.9. The van der Waals surface area contributed by atoms with Crippen LogP contribution < -0.4 is 16.6 Å². The molecule has 0 atom stereocenters. The number of aromatic nitrogens is 3. The summed E-state index contributed by atoms with van der Waals surface area (Å²) in [6, 6.07) is 10.0. The van der Waals surface area contributed by atoms with Gasteiger partial charge in [0.25, 0.3) is 5.56 Å².